The fourth-order valence-electron chi connectivity index (χ4n) is 4.68. The van der Waals surface area contributed by atoms with Crippen LogP contribution in [-0.4, -0.2) is 74.1 Å². The number of amides is 1. The zero-order chi connectivity index (χ0) is 21.8. The molecule has 164 valence electrons. The molecule has 1 saturated heterocycles. The quantitative estimate of drug-likeness (QED) is 0.495. The molecule has 0 aromatic carbocycles. The minimum absolute atomic E-state index is 0.0655. The van der Waals surface area contributed by atoms with Gasteiger partial charge in [0.15, 0.2) is 5.65 Å². The maximum Gasteiger partial charge on any atom is 0.226 e. The van der Waals surface area contributed by atoms with Crippen LogP contribution in [0.5, 0.6) is 0 Å². The highest BCUT2D eigenvalue weighted by Crippen LogP contribution is 2.41. The number of aromatic nitrogens is 5. The van der Waals surface area contributed by atoms with Crippen molar-refractivity contribution in [3.63, 3.8) is 0 Å². The topological polar surface area (TPSA) is 103 Å². The van der Waals surface area contributed by atoms with Crippen LogP contribution in [0.1, 0.15) is 16.9 Å². The molecule has 0 spiro atoms. The highest BCUT2D eigenvalue weighted by Gasteiger charge is 2.37. The number of likely N-dealkylation sites (N-methyl/N-ethyl adjacent to an activating group) is 1. The van der Waals surface area contributed by atoms with Crippen LogP contribution in [0.3, 0.4) is 0 Å². The van der Waals surface area contributed by atoms with Gasteiger partial charge in [-0.2, -0.15) is 5.10 Å². The molecule has 1 aliphatic heterocycles. The Kier molecular flexibility index (Phi) is 4.58. The number of anilines is 2. The number of thiophene rings is 1. The van der Waals surface area contributed by atoms with Gasteiger partial charge in [0.1, 0.15) is 17.0 Å². The zero-order valence-corrected chi connectivity index (χ0v) is 18.8. The normalized spacial score (nSPS) is 18.8. The minimum atomic E-state index is 0.0655. The van der Waals surface area contributed by atoms with Crippen molar-refractivity contribution >= 4 is 50.0 Å². The second kappa shape index (κ2) is 7.49. The van der Waals surface area contributed by atoms with Crippen molar-refractivity contribution in [3.8, 4) is 0 Å². The summed E-state index contributed by atoms with van der Waals surface area (Å²) in [5.74, 6) is 1.16. The van der Waals surface area contributed by atoms with E-state index in [-0.39, 0.29) is 5.92 Å². The van der Waals surface area contributed by atoms with E-state index in [1.165, 1.54) is 10.4 Å². The number of aromatic amines is 1. The van der Waals surface area contributed by atoms with Gasteiger partial charge in [0.05, 0.1) is 23.5 Å². The summed E-state index contributed by atoms with van der Waals surface area (Å²) in [5.41, 5.74) is 2.89. The molecule has 1 fully saturated rings. The molecule has 9 nitrogen and oxygen atoms in total. The fourth-order valence-corrected chi connectivity index (χ4v) is 5.94. The average molecular weight is 449 g/mol. The van der Waals surface area contributed by atoms with Crippen molar-refractivity contribution in [3.05, 3.63) is 35.2 Å². The van der Waals surface area contributed by atoms with E-state index in [1.807, 2.05) is 11.0 Å². The first-order valence-corrected chi connectivity index (χ1v) is 11.6. The van der Waals surface area contributed by atoms with Crippen LogP contribution in [-0.2, 0) is 17.6 Å². The Balaban J connectivity index is 1.25. The molecule has 5 heterocycles. The first-order chi connectivity index (χ1) is 15.6. The Bertz CT molecular complexity index is 1320. The molecular formula is C22H24N8OS. The average Bonchev–Trinajstić information content (AvgIpc) is 3.36. The first-order valence-electron chi connectivity index (χ1n) is 10.8. The van der Waals surface area contributed by atoms with Crippen molar-refractivity contribution in [1.82, 2.24) is 34.9 Å². The summed E-state index contributed by atoms with van der Waals surface area (Å²) in [5, 5.41) is 12.3. The Morgan fingerprint density at radius 1 is 1.25 bits per heavy atom. The van der Waals surface area contributed by atoms with Gasteiger partial charge < -0.3 is 15.1 Å². The summed E-state index contributed by atoms with van der Waals surface area (Å²) in [6.45, 7) is 1.69. The molecule has 0 bridgehead atoms. The molecule has 0 radical (unpaired) electrons. The number of fused-ring (bicyclic) bond motifs is 4. The zero-order valence-electron chi connectivity index (χ0n) is 18.0. The van der Waals surface area contributed by atoms with E-state index in [9.17, 15) is 4.79 Å². The molecule has 10 heteroatoms. The fraction of sp³-hybridized carbons (Fsp3) is 0.409. The molecule has 1 aliphatic carbocycles. The first kappa shape index (κ1) is 19.6. The van der Waals surface area contributed by atoms with Crippen molar-refractivity contribution in [1.29, 1.82) is 0 Å². The molecule has 2 aliphatic rings. The van der Waals surface area contributed by atoms with Crippen molar-refractivity contribution in [2.24, 2.45) is 5.92 Å². The van der Waals surface area contributed by atoms with Gasteiger partial charge in [0, 0.05) is 35.3 Å². The van der Waals surface area contributed by atoms with Gasteiger partial charge in [-0.1, -0.05) is 0 Å². The van der Waals surface area contributed by atoms with Crippen LogP contribution in [0, 0.1) is 5.92 Å². The lowest BCUT2D eigenvalue weighted by atomic mass is 9.86. The predicted octanol–water partition coefficient (Wildman–Crippen LogP) is 2.58. The molecule has 0 unspecified atom stereocenters. The molecule has 2 N–H and O–H groups in total. The van der Waals surface area contributed by atoms with Crippen molar-refractivity contribution in [2.75, 3.05) is 32.5 Å². The molecule has 4 aromatic rings. The number of nitrogens with one attached hydrogen (secondary N) is 2. The standard InChI is InChI=1S/C22H24N8OS/c1-29(2)15-9-30(10-15)22(31)12-3-4-16-17(6-12)32-21-18(16)20(24-11-25-21)27-14-5-13-7-26-28-19(13)23-8-14/h5,7-8,11-12,15H,3-4,6,9-10H2,1-2H3,(H,23,26,28)(H,24,25,27)/t12-/m0/s1. The van der Waals surface area contributed by atoms with Crippen LogP contribution < -0.4 is 5.32 Å². The van der Waals surface area contributed by atoms with Gasteiger partial charge in [-0.3, -0.25) is 9.89 Å². The molecule has 4 aromatic heterocycles. The van der Waals surface area contributed by atoms with E-state index in [0.717, 1.165) is 65.1 Å². The molecular weight excluding hydrogens is 424 g/mol. The van der Waals surface area contributed by atoms with E-state index < -0.39 is 0 Å². The number of hydrogen-bond acceptors (Lipinski definition) is 8. The van der Waals surface area contributed by atoms with Gasteiger partial charge >= 0.3 is 0 Å². The Morgan fingerprint density at radius 2 is 2.12 bits per heavy atom. The summed E-state index contributed by atoms with van der Waals surface area (Å²) in [7, 11) is 4.15. The number of H-pyrrole nitrogens is 1. The number of pyridine rings is 1. The minimum Gasteiger partial charge on any atom is -0.339 e. The Labute approximate surface area is 188 Å². The van der Waals surface area contributed by atoms with Gasteiger partial charge in [-0.05, 0) is 45.0 Å². The number of carbonyl (C=O) groups is 1. The maximum atomic E-state index is 13.0. The Hall–Kier alpha value is -3.11. The molecule has 1 atom stereocenters. The van der Waals surface area contributed by atoms with Crippen molar-refractivity contribution < 1.29 is 4.79 Å². The lowest BCUT2D eigenvalue weighted by molar-refractivity contribution is -0.142. The number of carbonyl (C=O) groups excluding carboxylic acids is 1. The van der Waals surface area contributed by atoms with E-state index in [1.54, 1.807) is 30.1 Å². The van der Waals surface area contributed by atoms with Gasteiger partial charge in [0.2, 0.25) is 5.91 Å². The molecule has 0 saturated carbocycles. The van der Waals surface area contributed by atoms with Crippen LogP contribution in [0.25, 0.3) is 21.3 Å². The maximum absolute atomic E-state index is 13.0. The number of likely N-dealkylation sites (tertiary alicyclic amines) is 1. The van der Waals surface area contributed by atoms with Crippen LogP contribution in [0.15, 0.2) is 24.8 Å². The van der Waals surface area contributed by atoms with Gasteiger partial charge in [0.25, 0.3) is 0 Å². The van der Waals surface area contributed by atoms with E-state index in [2.05, 4.69) is 49.5 Å². The van der Waals surface area contributed by atoms with Gasteiger partial charge in [-0.15, -0.1) is 11.3 Å². The summed E-state index contributed by atoms with van der Waals surface area (Å²) in [6, 6.07) is 2.49. The third-order valence-corrected chi connectivity index (χ3v) is 7.82. The summed E-state index contributed by atoms with van der Waals surface area (Å²) in [6.07, 6.45) is 7.66. The van der Waals surface area contributed by atoms with Crippen LogP contribution in [0.4, 0.5) is 11.5 Å². The van der Waals surface area contributed by atoms with Crippen LogP contribution >= 0.6 is 11.3 Å². The highest BCUT2D eigenvalue weighted by molar-refractivity contribution is 7.19. The number of hydrogen-bond donors (Lipinski definition) is 2. The smallest absolute Gasteiger partial charge is 0.226 e. The van der Waals surface area contributed by atoms with Crippen molar-refractivity contribution in [2.45, 2.75) is 25.3 Å². The molecule has 1 amide bonds. The largest absolute Gasteiger partial charge is 0.339 e. The Morgan fingerprint density at radius 3 is 2.97 bits per heavy atom. The summed E-state index contributed by atoms with van der Waals surface area (Å²) in [4.78, 5) is 32.9. The molecule has 6 rings (SSSR count). The second-order valence-electron chi connectivity index (χ2n) is 8.86. The second-order valence-corrected chi connectivity index (χ2v) is 9.95. The highest BCUT2D eigenvalue weighted by atomic mass is 32.1. The third-order valence-electron chi connectivity index (χ3n) is 6.65. The van der Waals surface area contributed by atoms with E-state index >= 15 is 0 Å². The third kappa shape index (κ3) is 3.21. The van der Waals surface area contributed by atoms with Crippen LogP contribution in [0.2, 0.25) is 0 Å². The number of rotatable bonds is 4. The summed E-state index contributed by atoms with van der Waals surface area (Å²) >= 11 is 1.69. The summed E-state index contributed by atoms with van der Waals surface area (Å²) < 4.78 is 0. The lowest BCUT2D eigenvalue weighted by Gasteiger charge is -2.44. The number of aryl methyl sites for hydroxylation is 1. The van der Waals surface area contributed by atoms with E-state index in [0.29, 0.717) is 11.9 Å². The molecule has 32 heavy (non-hydrogen) atoms. The number of nitrogens with zero attached hydrogens (tertiary/aromatic N) is 6. The monoisotopic (exact) mass is 448 g/mol. The predicted molar refractivity (Wildman–Crippen MR) is 124 cm³/mol. The van der Waals surface area contributed by atoms with E-state index in [4.69, 9.17) is 0 Å². The van der Waals surface area contributed by atoms with Gasteiger partial charge in [-0.25, -0.2) is 15.0 Å². The SMILES string of the molecule is CN(C)C1CN(C(=O)[C@H]2CCc3c(sc4ncnc(Nc5cnc6[nH]ncc6c5)c34)C2)C1. The lowest BCUT2D eigenvalue weighted by Crippen LogP contribution is -2.60.